The summed E-state index contributed by atoms with van der Waals surface area (Å²) in [5.41, 5.74) is 0. The van der Waals surface area contributed by atoms with Crippen molar-refractivity contribution >= 4 is 23.2 Å². The number of alkyl halides is 3. The molecule has 0 aromatic heterocycles. The number of hydrogen-bond acceptors (Lipinski definition) is 2. The Morgan fingerprint density at radius 2 is 1.92 bits per heavy atom. The van der Waals surface area contributed by atoms with Crippen LogP contribution in [-0.2, 0) is 9.59 Å². The van der Waals surface area contributed by atoms with Gasteiger partial charge >= 0.3 is 5.38 Å². The Morgan fingerprint density at radius 3 is 2.31 bits per heavy atom. The van der Waals surface area contributed by atoms with Crippen molar-refractivity contribution in [3.05, 3.63) is 0 Å². The van der Waals surface area contributed by atoms with E-state index in [1.807, 2.05) is 6.92 Å². The lowest BCUT2D eigenvalue weighted by Gasteiger charge is -2.04. The lowest BCUT2D eigenvalue weighted by Crippen LogP contribution is -2.24. The van der Waals surface area contributed by atoms with Crippen LogP contribution in [0.5, 0.6) is 0 Å². The lowest BCUT2D eigenvalue weighted by molar-refractivity contribution is -0.137. The number of carbonyl (C=O) groups excluding carboxylic acids is 2. The average molecular weight is 213 g/mol. The Hall–Kier alpha value is -0.510. The number of carbonyl (C=O) groups is 2. The molecule has 0 spiro atoms. The van der Waals surface area contributed by atoms with Crippen LogP contribution in [-0.4, -0.2) is 16.9 Å². The van der Waals surface area contributed by atoms with Crippen LogP contribution in [0, 0.1) is 0 Å². The first-order chi connectivity index (χ1) is 5.88. The van der Waals surface area contributed by atoms with Gasteiger partial charge in [0.15, 0.2) is 0 Å². The zero-order valence-corrected chi connectivity index (χ0v) is 8.03. The number of unbranched alkanes of at least 4 members (excludes halogenated alkanes) is 1. The van der Waals surface area contributed by atoms with Crippen LogP contribution < -0.4 is 0 Å². The third-order valence-corrected chi connectivity index (χ3v) is 1.69. The molecule has 0 heterocycles. The minimum absolute atomic E-state index is 0.162. The average Bonchev–Trinajstić information content (AvgIpc) is 1.99. The Bertz CT molecular complexity index is 199. The highest BCUT2D eigenvalue weighted by Crippen LogP contribution is 2.21. The van der Waals surface area contributed by atoms with E-state index in [0.717, 1.165) is 6.42 Å². The van der Waals surface area contributed by atoms with Crippen LogP contribution in [0.3, 0.4) is 0 Å². The molecule has 5 heteroatoms. The normalized spacial score (nSPS) is 11.4. The first-order valence-electron chi connectivity index (χ1n) is 3.99. The monoisotopic (exact) mass is 212 g/mol. The van der Waals surface area contributed by atoms with Gasteiger partial charge in [0.1, 0.15) is 5.78 Å². The third-order valence-electron chi connectivity index (χ3n) is 1.48. The largest absolute Gasteiger partial charge is 0.380 e. The quantitative estimate of drug-likeness (QED) is 0.501. The van der Waals surface area contributed by atoms with Crippen molar-refractivity contribution < 1.29 is 18.4 Å². The van der Waals surface area contributed by atoms with E-state index in [4.69, 9.17) is 0 Å². The van der Waals surface area contributed by atoms with Crippen LogP contribution in [0.4, 0.5) is 8.78 Å². The Balaban J connectivity index is 3.86. The Labute approximate surface area is 80.3 Å². The zero-order valence-electron chi connectivity index (χ0n) is 7.28. The van der Waals surface area contributed by atoms with Gasteiger partial charge in [0.05, 0.1) is 6.42 Å². The number of halogens is 3. The summed E-state index contributed by atoms with van der Waals surface area (Å²) in [6.07, 6.45) is 0.795. The molecule has 0 bridgehead atoms. The summed E-state index contributed by atoms with van der Waals surface area (Å²) >= 11 is 4.43. The first-order valence-corrected chi connectivity index (χ1v) is 4.37. The highest BCUT2D eigenvalue weighted by molar-refractivity contribution is 6.33. The number of hydrogen-bond donors (Lipinski definition) is 0. The highest BCUT2D eigenvalue weighted by atomic mass is 35.5. The molecular formula is C8H11ClF2O2. The maximum Gasteiger partial charge on any atom is 0.380 e. The SMILES string of the molecule is CCCCC(=O)CC(=O)C(F)(F)Cl. The molecule has 13 heavy (non-hydrogen) atoms. The summed E-state index contributed by atoms with van der Waals surface area (Å²) in [6.45, 7) is 1.87. The summed E-state index contributed by atoms with van der Waals surface area (Å²) < 4.78 is 24.1. The van der Waals surface area contributed by atoms with E-state index in [1.54, 1.807) is 0 Å². The molecule has 0 saturated carbocycles. The van der Waals surface area contributed by atoms with E-state index in [2.05, 4.69) is 11.6 Å². The van der Waals surface area contributed by atoms with E-state index >= 15 is 0 Å². The molecule has 0 aliphatic heterocycles. The molecule has 76 valence electrons. The number of Topliss-reactive ketones (excluding diaryl/α,β-unsaturated/α-hetero) is 2. The van der Waals surface area contributed by atoms with Crippen LogP contribution >= 0.6 is 11.6 Å². The van der Waals surface area contributed by atoms with Gasteiger partial charge < -0.3 is 0 Å². The van der Waals surface area contributed by atoms with Gasteiger partial charge in [0, 0.05) is 6.42 Å². The number of ketones is 2. The summed E-state index contributed by atoms with van der Waals surface area (Å²) in [5, 5.41) is -3.90. The maximum atomic E-state index is 12.1. The lowest BCUT2D eigenvalue weighted by atomic mass is 10.1. The van der Waals surface area contributed by atoms with E-state index in [1.165, 1.54) is 0 Å². The molecule has 2 nitrogen and oxygen atoms in total. The van der Waals surface area contributed by atoms with Crippen molar-refractivity contribution in [2.75, 3.05) is 0 Å². The molecular weight excluding hydrogens is 202 g/mol. The van der Waals surface area contributed by atoms with Gasteiger partial charge in [-0.2, -0.15) is 8.78 Å². The summed E-state index contributed by atoms with van der Waals surface area (Å²) in [6, 6.07) is 0. The van der Waals surface area contributed by atoms with Gasteiger partial charge in [0.2, 0.25) is 5.78 Å². The van der Waals surface area contributed by atoms with E-state index in [9.17, 15) is 18.4 Å². The Morgan fingerprint density at radius 1 is 1.38 bits per heavy atom. The minimum Gasteiger partial charge on any atom is -0.299 e. The van der Waals surface area contributed by atoms with Gasteiger partial charge in [-0.15, -0.1) is 0 Å². The molecule has 0 amide bonds. The zero-order chi connectivity index (χ0) is 10.5. The van der Waals surface area contributed by atoms with Gasteiger partial charge in [0.25, 0.3) is 0 Å². The van der Waals surface area contributed by atoms with Gasteiger partial charge in [-0.1, -0.05) is 13.3 Å². The molecule has 0 radical (unpaired) electrons. The second kappa shape index (κ2) is 5.27. The standard InChI is InChI=1S/C8H11ClF2O2/c1-2-3-4-6(12)5-7(13)8(9,10)11/h2-5H2,1H3. The highest BCUT2D eigenvalue weighted by Gasteiger charge is 2.36. The predicted molar refractivity (Wildman–Crippen MR) is 45.0 cm³/mol. The third kappa shape index (κ3) is 5.69. The summed E-state index contributed by atoms with van der Waals surface area (Å²) in [4.78, 5) is 21.4. The summed E-state index contributed by atoms with van der Waals surface area (Å²) in [5.74, 6) is -2.00. The van der Waals surface area contributed by atoms with Crippen LogP contribution in [0.2, 0.25) is 0 Å². The van der Waals surface area contributed by atoms with E-state index < -0.39 is 23.4 Å². The molecule has 0 unspecified atom stereocenters. The molecule has 0 rings (SSSR count). The predicted octanol–water partition coefficient (Wildman–Crippen LogP) is 2.54. The summed E-state index contributed by atoms with van der Waals surface area (Å²) in [7, 11) is 0. The van der Waals surface area contributed by atoms with E-state index in [0.29, 0.717) is 6.42 Å². The minimum atomic E-state index is -3.90. The van der Waals surface area contributed by atoms with Crippen molar-refractivity contribution in [3.8, 4) is 0 Å². The second-order valence-electron chi connectivity index (χ2n) is 2.74. The molecule has 0 aromatic rings. The molecule has 0 aliphatic rings. The molecule has 0 saturated heterocycles. The maximum absolute atomic E-state index is 12.1. The second-order valence-corrected chi connectivity index (χ2v) is 3.21. The Kier molecular flexibility index (Phi) is 5.06. The van der Waals surface area contributed by atoms with Crippen molar-refractivity contribution in [2.45, 2.75) is 38.0 Å². The smallest absolute Gasteiger partial charge is 0.299 e. The van der Waals surface area contributed by atoms with Gasteiger partial charge in [-0.05, 0) is 18.0 Å². The van der Waals surface area contributed by atoms with Gasteiger partial charge in [-0.25, -0.2) is 0 Å². The van der Waals surface area contributed by atoms with Crippen molar-refractivity contribution in [1.82, 2.24) is 0 Å². The molecule has 0 aliphatic carbocycles. The first kappa shape index (κ1) is 12.5. The van der Waals surface area contributed by atoms with Crippen LogP contribution in [0.1, 0.15) is 32.6 Å². The van der Waals surface area contributed by atoms with Crippen LogP contribution in [0.15, 0.2) is 0 Å². The molecule has 0 atom stereocenters. The molecule has 0 aromatic carbocycles. The fraction of sp³-hybridized carbons (Fsp3) is 0.750. The van der Waals surface area contributed by atoms with E-state index in [-0.39, 0.29) is 6.42 Å². The fourth-order valence-corrected chi connectivity index (χ4v) is 0.808. The number of rotatable bonds is 6. The molecule has 0 fully saturated rings. The van der Waals surface area contributed by atoms with Crippen molar-refractivity contribution in [2.24, 2.45) is 0 Å². The topological polar surface area (TPSA) is 34.1 Å². The van der Waals surface area contributed by atoms with Crippen molar-refractivity contribution in [1.29, 1.82) is 0 Å². The van der Waals surface area contributed by atoms with Gasteiger partial charge in [-0.3, -0.25) is 9.59 Å². The fourth-order valence-electron chi connectivity index (χ4n) is 0.742. The van der Waals surface area contributed by atoms with Crippen molar-refractivity contribution in [3.63, 3.8) is 0 Å². The molecule has 0 N–H and O–H groups in total. The van der Waals surface area contributed by atoms with Crippen LogP contribution in [0.25, 0.3) is 0 Å².